The summed E-state index contributed by atoms with van der Waals surface area (Å²) >= 11 is 0. The van der Waals surface area contributed by atoms with Crippen LogP contribution < -0.4 is 21.1 Å². The molecule has 2 saturated heterocycles. The second-order valence-corrected chi connectivity index (χ2v) is 8.78. The van der Waals surface area contributed by atoms with Crippen molar-refractivity contribution in [2.75, 3.05) is 12.4 Å². The molecule has 0 aliphatic carbocycles. The average Bonchev–Trinajstić information content (AvgIpc) is 3.39. The standard InChI is InChI=1S/C24H24N4O5/c1-33-17-9-5-2-6-13(17)12-28-21(30)19-16(10-11-18(25)29)27-24(20(19)22(28)31)14-7-3-4-8-15(14)26-23(24)32/h2-9,16,19-20,27H,10-12H2,1H3,(H2,25,29)(H,26,32)/p+1/t16-,19+,20+,24+/m1/s1. The Hall–Kier alpha value is -3.72. The number of quaternary nitrogens is 1. The van der Waals surface area contributed by atoms with E-state index in [2.05, 4.69) is 5.32 Å². The number of carbonyl (C=O) groups excluding carboxylic acids is 4. The molecule has 170 valence electrons. The van der Waals surface area contributed by atoms with E-state index in [1.54, 1.807) is 18.2 Å². The van der Waals surface area contributed by atoms with Crippen LogP contribution in [0, 0.1) is 11.8 Å². The largest absolute Gasteiger partial charge is 0.496 e. The zero-order chi connectivity index (χ0) is 23.3. The summed E-state index contributed by atoms with van der Waals surface area (Å²) in [6.45, 7) is 0.0521. The molecule has 0 radical (unpaired) electrons. The number of hydrogen-bond acceptors (Lipinski definition) is 5. The third-order valence-corrected chi connectivity index (χ3v) is 7.11. The number of carbonyl (C=O) groups is 4. The number of hydrogen-bond donors (Lipinski definition) is 3. The molecule has 0 aromatic heterocycles. The third-order valence-electron chi connectivity index (χ3n) is 7.11. The highest BCUT2D eigenvalue weighted by molar-refractivity contribution is 6.13. The number of imide groups is 1. The lowest BCUT2D eigenvalue weighted by Gasteiger charge is -2.26. The van der Waals surface area contributed by atoms with Crippen molar-refractivity contribution >= 4 is 29.3 Å². The molecule has 9 heteroatoms. The van der Waals surface area contributed by atoms with Crippen LogP contribution in [0.15, 0.2) is 48.5 Å². The van der Waals surface area contributed by atoms with Crippen LogP contribution in [0.2, 0.25) is 0 Å². The van der Waals surface area contributed by atoms with Gasteiger partial charge < -0.3 is 21.1 Å². The molecule has 4 atom stereocenters. The number of methoxy groups -OCH3 is 1. The smallest absolute Gasteiger partial charge is 0.291 e. The summed E-state index contributed by atoms with van der Waals surface area (Å²) in [4.78, 5) is 53.5. The number of fused-ring (bicyclic) bond motifs is 4. The molecular formula is C24H25N4O5+. The van der Waals surface area contributed by atoms with Crippen LogP contribution in [0.25, 0.3) is 0 Å². The van der Waals surface area contributed by atoms with E-state index in [1.165, 1.54) is 12.0 Å². The van der Waals surface area contributed by atoms with Crippen molar-refractivity contribution in [1.82, 2.24) is 4.90 Å². The summed E-state index contributed by atoms with van der Waals surface area (Å²) in [7, 11) is 1.53. The van der Waals surface area contributed by atoms with Crippen LogP contribution in [0.4, 0.5) is 5.69 Å². The average molecular weight is 449 g/mol. The molecule has 2 fully saturated rings. The van der Waals surface area contributed by atoms with Crippen LogP contribution in [0.5, 0.6) is 5.75 Å². The Labute approximate surface area is 190 Å². The first kappa shape index (κ1) is 21.1. The topological polar surface area (TPSA) is 135 Å². The fourth-order valence-electron chi connectivity index (χ4n) is 5.71. The van der Waals surface area contributed by atoms with Gasteiger partial charge in [-0.2, -0.15) is 0 Å². The quantitative estimate of drug-likeness (QED) is 0.528. The molecule has 0 unspecified atom stereocenters. The molecule has 5 rings (SSSR count). The number of amides is 4. The van der Waals surface area contributed by atoms with Crippen molar-refractivity contribution in [3.8, 4) is 5.75 Å². The molecule has 2 aromatic rings. The van der Waals surface area contributed by atoms with Crippen molar-refractivity contribution in [2.24, 2.45) is 17.6 Å². The summed E-state index contributed by atoms with van der Waals surface area (Å²) in [5.41, 5.74) is 6.13. The first-order valence-electron chi connectivity index (χ1n) is 10.9. The number of nitrogens with zero attached hydrogens (tertiary/aromatic N) is 1. The summed E-state index contributed by atoms with van der Waals surface area (Å²) in [6, 6.07) is 14.0. The minimum atomic E-state index is -1.26. The number of rotatable bonds is 6. The maximum atomic E-state index is 13.8. The monoisotopic (exact) mass is 449 g/mol. The molecular weight excluding hydrogens is 424 g/mol. The van der Waals surface area contributed by atoms with Gasteiger partial charge in [-0.15, -0.1) is 0 Å². The van der Waals surface area contributed by atoms with Gasteiger partial charge in [-0.3, -0.25) is 24.1 Å². The second kappa shape index (κ2) is 7.70. The highest BCUT2D eigenvalue weighted by atomic mass is 16.5. The van der Waals surface area contributed by atoms with E-state index in [1.807, 2.05) is 35.6 Å². The number of anilines is 1. The van der Waals surface area contributed by atoms with Crippen molar-refractivity contribution < 1.29 is 29.2 Å². The van der Waals surface area contributed by atoms with Crippen LogP contribution in [0.3, 0.4) is 0 Å². The van der Waals surface area contributed by atoms with Gasteiger partial charge in [-0.05, 0) is 12.1 Å². The van der Waals surface area contributed by atoms with Gasteiger partial charge in [0.1, 0.15) is 23.6 Å². The zero-order valence-corrected chi connectivity index (χ0v) is 18.1. The van der Waals surface area contributed by atoms with E-state index in [-0.39, 0.29) is 30.7 Å². The Morgan fingerprint density at radius 3 is 2.61 bits per heavy atom. The number of primary amides is 1. The van der Waals surface area contributed by atoms with Gasteiger partial charge in [0.25, 0.3) is 5.91 Å². The Kier molecular flexibility index (Phi) is 4.93. The van der Waals surface area contributed by atoms with Crippen molar-refractivity contribution in [3.05, 3.63) is 59.7 Å². The van der Waals surface area contributed by atoms with Gasteiger partial charge in [0.15, 0.2) is 0 Å². The fraction of sp³-hybridized carbons (Fsp3) is 0.333. The first-order chi connectivity index (χ1) is 15.9. The Balaban J connectivity index is 1.57. The lowest BCUT2D eigenvalue weighted by atomic mass is 9.76. The number of nitrogens with one attached hydrogen (secondary N) is 1. The molecule has 3 aliphatic rings. The fourth-order valence-corrected chi connectivity index (χ4v) is 5.71. The Morgan fingerprint density at radius 1 is 1.12 bits per heavy atom. The minimum absolute atomic E-state index is 0.0521. The molecule has 33 heavy (non-hydrogen) atoms. The van der Waals surface area contributed by atoms with Gasteiger partial charge in [-0.1, -0.05) is 36.4 Å². The molecule has 9 nitrogen and oxygen atoms in total. The van der Waals surface area contributed by atoms with Gasteiger partial charge in [0, 0.05) is 24.0 Å². The zero-order valence-electron chi connectivity index (χ0n) is 18.1. The minimum Gasteiger partial charge on any atom is -0.496 e. The van der Waals surface area contributed by atoms with E-state index in [0.717, 1.165) is 0 Å². The molecule has 0 saturated carbocycles. The predicted molar refractivity (Wildman–Crippen MR) is 116 cm³/mol. The lowest BCUT2D eigenvalue weighted by Crippen LogP contribution is -2.99. The maximum Gasteiger partial charge on any atom is 0.291 e. The summed E-state index contributed by atoms with van der Waals surface area (Å²) in [5, 5.41) is 4.69. The molecule has 2 aromatic carbocycles. The maximum absolute atomic E-state index is 13.8. The van der Waals surface area contributed by atoms with E-state index in [0.29, 0.717) is 29.0 Å². The Morgan fingerprint density at radius 2 is 1.85 bits per heavy atom. The van der Waals surface area contributed by atoms with Crippen molar-refractivity contribution in [3.63, 3.8) is 0 Å². The summed E-state index contributed by atoms with van der Waals surface area (Å²) in [5.74, 6) is -2.56. The highest BCUT2D eigenvalue weighted by Gasteiger charge is 2.74. The normalized spacial score (nSPS) is 27.6. The van der Waals surface area contributed by atoms with Crippen LogP contribution in [-0.2, 0) is 31.3 Å². The third kappa shape index (κ3) is 3.03. The number of nitrogens with two attached hydrogens (primary N) is 2. The summed E-state index contributed by atoms with van der Waals surface area (Å²) < 4.78 is 5.39. The van der Waals surface area contributed by atoms with Crippen molar-refractivity contribution in [1.29, 1.82) is 0 Å². The molecule has 3 heterocycles. The van der Waals surface area contributed by atoms with E-state index in [9.17, 15) is 19.2 Å². The highest BCUT2D eigenvalue weighted by Crippen LogP contribution is 2.49. The van der Waals surface area contributed by atoms with E-state index >= 15 is 0 Å². The summed E-state index contributed by atoms with van der Waals surface area (Å²) in [6.07, 6.45) is 0.368. The van der Waals surface area contributed by atoms with Crippen LogP contribution >= 0.6 is 0 Å². The van der Waals surface area contributed by atoms with Gasteiger partial charge >= 0.3 is 0 Å². The van der Waals surface area contributed by atoms with Crippen molar-refractivity contribution in [2.45, 2.75) is 31.0 Å². The SMILES string of the molecule is COc1ccccc1CN1C(=O)[C@@H]2[C@@H](C1=O)[C@]1([NH2+][C@@H]2CCC(N)=O)C(=O)Nc2ccccc21. The predicted octanol–water partition coefficient (Wildman–Crippen LogP) is -0.145. The van der Waals surface area contributed by atoms with Crippen LogP contribution in [-0.4, -0.2) is 41.7 Å². The molecule has 1 spiro atoms. The number of likely N-dealkylation sites (tertiary alicyclic amines) is 1. The van der Waals surface area contributed by atoms with Gasteiger partial charge in [0.2, 0.25) is 23.3 Å². The number of para-hydroxylation sites is 2. The Bertz CT molecular complexity index is 1180. The molecule has 0 bridgehead atoms. The van der Waals surface area contributed by atoms with Gasteiger partial charge in [-0.25, -0.2) is 0 Å². The van der Waals surface area contributed by atoms with E-state index in [4.69, 9.17) is 10.5 Å². The van der Waals surface area contributed by atoms with Gasteiger partial charge in [0.05, 0.1) is 19.3 Å². The molecule has 3 aliphatic heterocycles. The van der Waals surface area contributed by atoms with Crippen LogP contribution in [0.1, 0.15) is 24.0 Å². The first-order valence-corrected chi connectivity index (χ1v) is 10.9. The van der Waals surface area contributed by atoms with E-state index < -0.39 is 29.3 Å². The molecule has 5 N–H and O–H groups in total. The second-order valence-electron chi connectivity index (χ2n) is 8.78. The molecule has 4 amide bonds. The lowest BCUT2D eigenvalue weighted by molar-refractivity contribution is -0.734. The number of ether oxygens (including phenoxy) is 1. The number of benzene rings is 2.